The fourth-order valence-corrected chi connectivity index (χ4v) is 3.62. The molecule has 4 rings (SSSR count). The Labute approximate surface area is 181 Å². The molecule has 0 unspecified atom stereocenters. The van der Waals surface area contributed by atoms with Crippen LogP contribution in [0.15, 0.2) is 43.0 Å². The monoisotopic (exact) mass is 454 g/mol. The van der Waals surface area contributed by atoms with E-state index in [0.29, 0.717) is 48.8 Å². The highest BCUT2D eigenvalue weighted by atomic mass is 35.6. The minimum atomic E-state index is -1.85. The van der Waals surface area contributed by atoms with E-state index < -0.39 is 9.96 Å². The molecule has 1 amide bonds. The highest BCUT2D eigenvalue weighted by Gasteiger charge is 2.37. The first-order valence-corrected chi connectivity index (χ1v) is 10.0. The van der Waals surface area contributed by atoms with Gasteiger partial charge in [-0.1, -0.05) is 53.0 Å². The molecule has 0 aliphatic carbocycles. The highest BCUT2D eigenvalue weighted by Crippen LogP contribution is 2.38. The third-order valence-corrected chi connectivity index (χ3v) is 5.16. The Bertz CT molecular complexity index is 1000. The summed E-state index contributed by atoms with van der Waals surface area (Å²) < 4.78 is 5.09. The van der Waals surface area contributed by atoms with E-state index in [2.05, 4.69) is 25.2 Å². The Kier molecular flexibility index (Phi) is 5.78. The van der Waals surface area contributed by atoms with E-state index in [1.54, 1.807) is 24.3 Å². The smallest absolute Gasteiger partial charge is 0.253 e. The van der Waals surface area contributed by atoms with Gasteiger partial charge in [0.25, 0.3) is 5.91 Å². The lowest BCUT2D eigenvalue weighted by Crippen LogP contribution is -2.40. The minimum absolute atomic E-state index is 0.383. The fourth-order valence-electron chi connectivity index (χ4n) is 3.14. The molecule has 29 heavy (non-hydrogen) atoms. The van der Waals surface area contributed by atoms with Crippen molar-refractivity contribution < 1.29 is 9.53 Å². The van der Waals surface area contributed by atoms with E-state index in [1.807, 2.05) is 6.07 Å². The molecule has 0 radical (unpaired) electrons. The first-order chi connectivity index (χ1) is 13.9. The van der Waals surface area contributed by atoms with Crippen molar-refractivity contribution in [2.45, 2.75) is 9.96 Å². The van der Waals surface area contributed by atoms with Gasteiger partial charge < -0.3 is 15.0 Å². The Morgan fingerprint density at radius 2 is 1.83 bits per heavy atom. The van der Waals surface area contributed by atoms with Gasteiger partial charge in [0, 0.05) is 18.7 Å². The van der Waals surface area contributed by atoms with Gasteiger partial charge in [-0.05, 0) is 12.1 Å². The van der Waals surface area contributed by atoms with Gasteiger partial charge in [-0.15, -0.1) is 0 Å². The number of carbonyl (C=O) groups excluding carboxylic acids is 1. The van der Waals surface area contributed by atoms with Crippen molar-refractivity contribution in [2.75, 3.05) is 31.2 Å². The topological polar surface area (TPSA) is 85.2 Å². The zero-order valence-corrected chi connectivity index (χ0v) is 17.4. The van der Waals surface area contributed by atoms with Crippen molar-refractivity contribution in [3.05, 3.63) is 48.5 Å². The Morgan fingerprint density at radius 3 is 2.52 bits per heavy atom. The summed E-state index contributed by atoms with van der Waals surface area (Å²) in [6.45, 7) is 2.60. The Balaban J connectivity index is 1.71. The van der Waals surface area contributed by atoms with Gasteiger partial charge in [-0.25, -0.2) is 15.0 Å². The van der Waals surface area contributed by atoms with Crippen molar-refractivity contribution in [1.29, 1.82) is 0 Å². The molecule has 0 spiro atoms. The van der Waals surface area contributed by atoms with E-state index in [-0.39, 0.29) is 5.91 Å². The van der Waals surface area contributed by atoms with Gasteiger partial charge in [0.05, 0.1) is 19.5 Å². The SMILES string of the molecule is O=C(N[C@H](n1cnc2c(N3CCOCC3)ncnc21)C(Cl)(Cl)Cl)c1ccccc1. The number of rotatable bonds is 4. The van der Waals surface area contributed by atoms with Crippen LogP contribution in [0.5, 0.6) is 0 Å². The maximum Gasteiger partial charge on any atom is 0.253 e. The van der Waals surface area contributed by atoms with E-state index >= 15 is 0 Å². The zero-order valence-electron chi connectivity index (χ0n) is 15.1. The average Bonchev–Trinajstić information content (AvgIpc) is 3.16. The van der Waals surface area contributed by atoms with Crippen LogP contribution >= 0.6 is 34.8 Å². The number of nitrogens with one attached hydrogen (secondary N) is 1. The second-order valence-corrected chi connectivity index (χ2v) is 8.77. The number of imidazole rings is 1. The molecule has 8 nitrogen and oxygen atoms in total. The fraction of sp³-hybridized carbons (Fsp3) is 0.333. The van der Waals surface area contributed by atoms with Crippen LogP contribution in [0, 0.1) is 0 Å². The third-order valence-electron chi connectivity index (χ3n) is 4.54. The van der Waals surface area contributed by atoms with Crippen LogP contribution < -0.4 is 10.2 Å². The summed E-state index contributed by atoms with van der Waals surface area (Å²) in [5, 5.41) is 2.76. The molecule has 1 aliphatic rings. The molecule has 1 aromatic carbocycles. The lowest BCUT2D eigenvalue weighted by Gasteiger charge is -2.28. The van der Waals surface area contributed by atoms with Crippen LogP contribution in [0.3, 0.4) is 0 Å². The summed E-state index contributed by atoms with van der Waals surface area (Å²) >= 11 is 18.6. The molecule has 1 N–H and O–H groups in total. The van der Waals surface area contributed by atoms with Crippen molar-refractivity contribution in [3.8, 4) is 0 Å². The molecule has 1 aliphatic heterocycles. The summed E-state index contributed by atoms with van der Waals surface area (Å²) in [4.78, 5) is 27.9. The van der Waals surface area contributed by atoms with Gasteiger partial charge in [-0.2, -0.15) is 0 Å². The number of halogens is 3. The summed E-state index contributed by atoms with van der Waals surface area (Å²) in [5.41, 5.74) is 1.45. The number of alkyl halides is 3. The summed E-state index contributed by atoms with van der Waals surface area (Å²) in [6, 6.07) is 8.68. The number of carbonyl (C=O) groups is 1. The number of morpholine rings is 1. The standard InChI is InChI=1S/C18H17Cl3N6O2/c19-18(20,21)17(25-16(28)12-4-2-1-3-5-12)27-11-24-13-14(22-10-23-15(13)27)26-6-8-29-9-7-26/h1-5,10-11,17H,6-9H2,(H,25,28)/t17-/m1/s1. The number of amides is 1. The Hall–Kier alpha value is -2.13. The summed E-state index contributed by atoms with van der Waals surface area (Å²) in [5.74, 6) is 0.292. The van der Waals surface area contributed by atoms with Crippen LogP contribution in [0.25, 0.3) is 11.2 Å². The molecule has 0 saturated carbocycles. The van der Waals surface area contributed by atoms with Crippen molar-refractivity contribution in [3.63, 3.8) is 0 Å². The normalized spacial score (nSPS) is 16.0. The van der Waals surface area contributed by atoms with E-state index in [0.717, 1.165) is 0 Å². The molecule has 1 atom stereocenters. The van der Waals surface area contributed by atoms with Gasteiger partial charge in [0.15, 0.2) is 23.1 Å². The summed E-state index contributed by atoms with van der Waals surface area (Å²) in [7, 11) is 0. The third kappa shape index (κ3) is 4.25. The van der Waals surface area contributed by atoms with E-state index in [1.165, 1.54) is 17.2 Å². The molecule has 3 aromatic rings. The number of nitrogens with zero attached hydrogens (tertiary/aromatic N) is 5. The molecule has 0 bridgehead atoms. The Morgan fingerprint density at radius 1 is 1.10 bits per heavy atom. The number of aromatic nitrogens is 4. The number of hydrogen-bond donors (Lipinski definition) is 1. The molecule has 11 heteroatoms. The maximum atomic E-state index is 12.7. The number of anilines is 1. The highest BCUT2D eigenvalue weighted by molar-refractivity contribution is 6.68. The molecule has 1 saturated heterocycles. The molecule has 152 valence electrons. The van der Waals surface area contributed by atoms with Gasteiger partial charge in [0.2, 0.25) is 3.79 Å². The molecule has 1 fully saturated rings. The van der Waals surface area contributed by atoms with E-state index in [9.17, 15) is 4.79 Å². The predicted molar refractivity (Wildman–Crippen MR) is 112 cm³/mol. The summed E-state index contributed by atoms with van der Waals surface area (Å²) in [6.07, 6.45) is 1.89. The number of benzene rings is 1. The number of ether oxygens (including phenoxy) is 1. The quantitative estimate of drug-likeness (QED) is 0.609. The molecule has 3 heterocycles. The first kappa shape index (κ1) is 20.2. The van der Waals surface area contributed by atoms with Crippen molar-refractivity contribution in [2.24, 2.45) is 0 Å². The van der Waals surface area contributed by atoms with Gasteiger partial charge in [-0.3, -0.25) is 9.36 Å². The van der Waals surface area contributed by atoms with Crippen LogP contribution in [0.1, 0.15) is 16.5 Å². The van der Waals surface area contributed by atoms with Crippen LogP contribution in [-0.4, -0.2) is 55.5 Å². The van der Waals surface area contributed by atoms with Crippen LogP contribution in [0.4, 0.5) is 5.82 Å². The molecular formula is C18H17Cl3N6O2. The average molecular weight is 456 g/mol. The lowest BCUT2D eigenvalue weighted by atomic mass is 10.2. The van der Waals surface area contributed by atoms with Crippen molar-refractivity contribution >= 4 is 57.7 Å². The van der Waals surface area contributed by atoms with Gasteiger partial charge >= 0.3 is 0 Å². The minimum Gasteiger partial charge on any atom is -0.378 e. The van der Waals surface area contributed by atoms with Gasteiger partial charge in [0.1, 0.15) is 6.33 Å². The largest absolute Gasteiger partial charge is 0.378 e. The number of hydrogen-bond acceptors (Lipinski definition) is 6. The maximum absolute atomic E-state index is 12.7. The first-order valence-electron chi connectivity index (χ1n) is 8.88. The molecular weight excluding hydrogens is 439 g/mol. The molecule has 2 aromatic heterocycles. The predicted octanol–water partition coefficient (Wildman–Crippen LogP) is 2.96. The van der Waals surface area contributed by atoms with Crippen LogP contribution in [-0.2, 0) is 4.74 Å². The second-order valence-electron chi connectivity index (χ2n) is 6.40. The van der Waals surface area contributed by atoms with Crippen molar-refractivity contribution in [1.82, 2.24) is 24.8 Å². The van der Waals surface area contributed by atoms with E-state index in [4.69, 9.17) is 39.5 Å². The van der Waals surface area contributed by atoms with Crippen LogP contribution in [0.2, 0.25) is 0 Å². The lowest BCUT2D eigenvalue weighted by molar-refractivity contribution is 0.0921. The second kappa shape index (κ2) is 8.31. The number of fused-ring (bicyclic) bond motifs is 1. The zero-order chi connectivity index (χ0) is 20.4.